The number of hydrogen-bond donors (Lipinski definition) is 5. The van der Waals surface area contributed by atoms with Crippen LogP contribution in [-0.4, -0.2) is 41.1 Å². The molecule has 2 fully saturated rings. The smallest absolute Gasteiger partial charge is 0.231 e. The van der Waals surface area contributed by atoms with Crippen molar-refractivity contribution in [1.29, 1.82) is 0 Å². The van der Waals surface area contributed by atoms with Crippen LogP contribution in [0, 0.1) is 0 Å². The van der Waals surface area contributed by atoms with Crippen molar-refractivity contribution in [2.75, 3.05) is 41.3 Å². The van der Waals surface area contributed by atoms with E-state index in [9.17, 15) is 0 Å². The first kappa shape index (κ1) is 34.0. The highest BCUT2D eigenvalue weighted by molar-refractivity contribution is 5.85. The zero-order chi connectivity index (χ0) is 21.6. The Labute approximate surface area is 233 Å². The molecule has 0 saturated carbocycles. The second-order valence-corrected chi connectivity index (χ2v) is 8.77. The van der Waals surface area contributed by atoms with E-state index in [-0.39, 0.29) is 42.7 Å². The molecule has 0 atom stereocenters. The van der Waals surface area contributed by atoms with E-state index in [4.69, 9.17) is 15.0 Å². The molecule has 37 heavy (non-hydrogen) atoms. The summed E-state index contributed by atoms with van der Waals surface area (Å²) in [4.78, 5) is 19.1. The Morgan fingerprint density at radius 3 is 1.54 bits per heavy atom. The quantitative estimate of drug-likeness (QED) is 0.213. The minimum atomic E-state index is 0. The summed E-state index contributed by atoms with van der Waals surface area (Å²) in [6, 6.07) is 19.2. The normalized spacial score (nSPS) is 14.5. The molecule has 3 aromatic rings. The Kier molecular flexibility index (Phi) is 15.3. The Morgan fingerprint density at radius 2 is 1.05 bits per heavy atom. The monoisotopic (exact) mass is 540 g/mol. The molecule has 13 N–H and O–H groups in total. The van der Waals surface area contributed by atoms with Gasteiger partial charge in [0, 0.05) is 38.4 Å². The molecule has 2 aromatic carbocycles. The molecule has 5 rings (SSSR count). The van der Waals surface area contributed by atoms with Gasteiger partial charge in [-0.25, -0.2) is 0 Å². The first-order chi connectivity index (χ1) is 15.8. The summed E-state index contributed by atoms with van der Waals surface area (Å²) < 4.78 is 0. The topological polar surface area (TPSA) is 197 Å². The zero-order valence-corrected chi connectivity index (χ0v) is 22.8. The lowest BCUT2D eigenvalue weighted by molar-refractivity contribution is 0.556. The second kappa shape index (κ2) is 16.7. The number of nitrogens with one attached hydrogen (secondary N) is 1. The van der Waals surface area contributed by atoms with E-state index in [0.717, 1.165) is 38.1 Å². The summed E-state index contributed by atoms with van der Waals surface area (Å²) in [7, 11) is 0. The fourth-order valence-corrected chi connectivity index (χ4v) is 4.53. The average Bonchev–Trinajstić information content (AvgIpc) is 2.89. The summed E-state index contributed by atoms with van der Waals surface area (Å²) in [5.41, 5.74) is 3.68. The molecular weight excluding hydrogens is 488 g/mol. The zero-order valence-electron chi connectivity index (χ0n) is 21.9. The Balaban J connectivity index is -0.000000480. The van der Waals surface area contributed by atoms with Crippen molar-refractivity contribution in [3.63, 3.8) is 0 Å². The van der Waals surface area contributed by atoms with Crippen LogP contribution in [0.15, 0.2) is 54.6 Å². The maximum Gasteiger partial charge on any atom is 0.231 e. The molecule has 2 saturated heterocycles. The summed E-state index contributed by atoms with van der Waals surface area (Å²) in [6.07, 6.45) is 7.43. The molecule has 0 unspecified atom stereocenters. The van der Waals surface area contributed by atoms with Gasteiger partial charge in [0.15, 0.2) is 0 Å². The van der Waals surface area contributed by atoms with Crippen LogP contribution in [0.25, 0.3) is 11.1 Å². The lowest BCUT2D eigenvalue weighted by atomic mass is 10.0. The number of benzene rings is 2. The molecule has 10 nitrogen and oxygen atoms in total. The van der Waals surface area contributed by atoms with Crippen molar-refractivity contribution in [2.45, 2.75) is 45.1 Å². The molecule has 3 heterocycles. The van der Waals surface area contributed by atoms with Gasteiger partial charge in [0.25, 0.3) is 0 Å². The third-order valence-corrected chi connectivity index (χ3v) is 6.40. The standard InChI is InChI=1S/C26H32N6.ClH.4H3N.4H2/c1-4-10-22(11-5-1)23-14-12-21(13-15-23)20-27-24-28-25(31-16-6-2-7-17-31)30-26(29-24)32-18-8-3-9-19-32;;;;;;;;;/h1,4-5,10-15H,2-3,6-9,16-20H2,(H,27,28,29,30);1H;4*1H3;4*1H. The summed E-state index contributed by atoms with van der Waals surface area (Å²) in [5.74, 6) is 2.32. The van der Waals surface area contributed by atoms with E-state index in [1.807, 2.05) is 6.07 Å². The Bertz CT molecular complexity index is 990. The molecule has 0 amide bonds. The molecule has 0 radical (unpaired) electrons. The van der Waals surface area contributed by atoms with Crippen LogP contribution in [0.3, 0.4) is 0 Å². The fraction of sp³-hybridized carbons (Fsp3) is 0.423. The highest BCUT2D eigenvalue weighted by atomic mass is 35.5. The Morgan fingerprint density at radius 1 is 0.595 bits per heavy atom. The van der Waals surface area contributed by atoms with E-state index in [0.29, 0.717) is 12.5 Å². The second-order valence-electron chi connectivity index (χ2n) is 8.77. The van der Waals surface area contributed by atoms with E-state index < -0.39 is 0 Å². The van der Waals surface area contributed by atoms with Gasteiger partial charge in [-0.05, 0) is 55.2 Å². The van der Waals surface area contributed by atoms with Crippen LogP contribution in [0.5, 0.6) is 0 Å². The maximum atomic E-state index is 4.87. The predicted octanol–water partition coefficient (Wildman–Crippen LogP) is 7.19. The molecule has 1 aromatic heterocycles. The number of nitrogens with zero attached hydrogens (tertiary/aromatic N) is 5. The van der Waals surface area contributed by atoms with Crippen molar-refractivity contribution in [3.8, 4) is 11.1 Å². The number of piperidine rings is 2. The van der Waals surface area contributed by atoms with Gasteiger partial charge in [-0.3, -0.25) is 0 Å². The van der Waals surface area contributed by atoms with Crippen molar-refractivity contribution < 1.29 is 5.71 Å². The van der Waals surface area contributed by atoms with Gasteiger partial charge >= 0.3 is 0 Å². The van der Waals surface area contributed by atoms with Crippen molar-refractivity contribution in [1.82, 2.24) is 39.6 Å². The van der Waals surface area contributed by atoms with Crippen LogP contribution >= 0.6 is 12.4 Å². The van der Waals surface area contributed by atoms with Gasteiger partial charge < -0.3 is 39.7 Å². The lowest BCUT2D eigenvalue weighted by Crippen LogP contribution is -2.34. The predicted molar refractivity (Wildman–Crippen MR) is 167 cm³/mol. The van der Waals surface area contributed by atoms with Crippen LogP contribution in [0.4, 0.5) is 17.8 Å². The van der Waals surface area contributed by atoms with Crippen molar-refractivity contribution >= 4 is 30.3 Å². The lowest BCUT2D eigenvalue weighted by Gasteiger charge is -2.30. The molecule has 0 bridgehead atoms. The Hall–Kier alpha value is -3.02. The third-order valence-electron chi connectivity index (χ3n) is 6.40. The highest BCUT2D eigenvalue weighted by Crippen LogP contribution is 2.23. The summed E-state index contributed by atoms with van der Waals surface area (Å²) in [6.45, 7) is 4.82. The molecule has 0 aliphatic carbocycles. The fourth-order valence-electron chi connectivity index (χ4n) is 4.53. The van der Waals surface area contributed by atoms with Crippen LogP contribution in [0.1, 0.15) is 49.8 Å². The summed E-state index contributed by atoms with van der Waals surface area (Å²) in [5, 5.41) is 3.46. The van der Waals surface area contributed by atoms with Gasteiger partial charge in [-0.2, -0.15) is 15.0 Å². The third kappa shape index (κ3) is 8.80. The minimum absolute atomic E-state index is 0. The largest absolute Gasteiger partial charge is 0.350 e. The number of halogens is 1. The van der Waals surface area contributed by atoms with Crippen molar-refractivity contribution in [2.24, 2.45) is 0 Å². The number of aromatic nitrogens is 3. The molecule has 2 aliphatic rings. The highest BCUT2D eigenvalue weighted by Gasteiger charge is 2.20. The first-order valence-electron chi connectivity index (χ1n) is 12.0. The van der Waals surface area contributed by atoms with Crippen LogP contribution in [-0.2, 0) is 6.54 Å². The molecule has 2 aliphatic heterocycles. The summed E-state index contributed by atoms with van der Waals surface area (Å²) >= 11 is 0. The van der Waals surface area contributed by atoms with Gasteiger partial charge in [-0.15, -0.1) is 12.4 Å². The van der Waals surface area contributed by atoms with Gasteiger partial charge in [0.05, 0.1) is 0 Å². The number of anilines is 3. The van der Waals surface area contributed by atoms with Gasteiger partial charge in [0.1, 0.15) is 0 Å². The van der Waals surface area contributed by atoms with Crippen LogP contribution in [0.2, 0.25) is 0 Å². The van der Waals surface area contributed by atoms with Gasteiger partial charge in [-0.1, -0.05) is 54.6 Å². The molecule has 214 valence electrons. The number of hydrogen-bond acceptors (Lipinski definition) is 10. The minimum Gasteiger partial charge on any atom is -0.350 e. The van der Waals surface area contributed by atoms with E-state index >= 15 is 0 Å². The number of rotatable bonds is 6. The molecule has 11 heteroatoms. The van der Waals surface area contributed by atoms with Crippen molar-refractivity contribution in [3.05, 3.63) is 60.2 Å². The SMILES string of the molecule is Cl.N.N.N.N.[HH].[HH].[HH].[HH].c1ccc(-c2ccc(CNc3nc(N4CCCCC4)nc(N4CCCCC4)n3)cc2)cc1. The van der Waals surface area contributed by atoms with Crippen LogP contribution < -0.4 is 39.7 Å². The molecule has 0 spiro atoms. The average molecular weight is 541 g/mol. The van der Waals surface area contributed by atoms with E-state index in [2.05, 4.69) is 63.6 Å². The van der Waals surface area contributed by atoms with E-state index in [1.165, 1.54) is 55.2 Å². The molecular formula is C26H53ClN10. The maximum absolute atomic E-state index is 4.87. The van der Waals surface area contributed by atoms with E-state index in [1.54, 1.807) is 0 Å². The first-order valence-corrected chi connectivity index (χ1v) is 12.0. The van der Waals surface area contributed by atoms with Gasteiger partial charge in [0.2, 0.25) is 17.8 Å².